The van der Waals surface area contributed by atoms with Crippen LogP contribution >= 0.6 is 0 Å². The van der Waals surface area contributed by atoms with Gasteiger partial charge in [0.1, 0.15) is 5.82 Å². The van der Waals surface area contributed by atoms with Gasteiger partial charge in [0.15, 0.2) is 0 Å². The Balaban J connectivity index is 2.04. The molecular weight excluding hydrogens is 215 g/mol. The first-order chi connectivity index (χ1) is 8.29. The Labute approximate surface area is 101 Å². The van der Waals surface area contributed by atoms with Gasteiger partial charge in [-0.3, -0.25) is 4.98 Å². The molecule has 2 nitrogen and oxygen atoms in total. The Morgan fingerprint density at radius 3 is 2.65 bits per heavy atom. The number of nitrogens with one attached hydrogen (secondary N) is 1. The fourth-order valence-electron chi connectivity index (χ4n) is 1.60. The molecule has 1 aromatic heterocycles. The molecule has 0 saturated heterocycles. The van der Waals surface area contributed by atoms with E-state index < -0.39 is 0 Å². The molecule has 0 aliphatic heterocycles. The van der Waals surface area contributed by atoms with Crippen LogP contribution in [0.3, 0.4) is 0 Å². The SMILES string of the molecule is [CH2]Cc1ncccc1NCc1ccc(F)cc1. The van der Waals surface area contributed by atoms with Gasteiger partial charge in [0, 0.05) is 12.7 Å². The molecule has 2 aromatic rings. The first-order valence-corrected chi connectivity index (χ1v) is 5.51. The number of rotatable bonds is 4. The summed E-state index contributed by atoms with van der Waals surface area (Å²) in [4.78, 5) is 4.24. The molecule has 1 aromatic carbocycles. The molecule has 0 spiro atoms. The molecule has 0 bridgehead atoms. The van der Waals surface area contributed by atoms with Crippen LogP contribution in [-0.2, 0) is 13.0 Å². The van der Waals surface area contributed by atoms with E-state index in [0.29, 0.717) is 13.0 Å². The summed E-state index contributed by atoms with van der Waals surface area (Å²) in [5.74, 6) is -0.214. The molecule has 1 radical (unpaired) electrons. The van der Waals surface area contributed by atoms with Gasteiger partial charge in [0.2, 0.25) is 0 Å². The number of halogens is 1. The van der Waals surface area contributed by atoms with Crippen molar-refractivity contribution in [1.82, 2.24) is 4.98 Å². The molecule has 87 valence electrons. The van der Waals surface area contributed by atoms with Gasteiger partial charge in [-0.05, 0) is 43.2 Å². The Kier molecular flexibility index (Phi) is 3.70. The van der Waals surface area contributed by atoms with Gasteiger partial charge < -0.3 is 5.32 Å². The van der Waals surface area contributed by atoms with E-state index in [2.05, 4.69) is 17.2 Å². The average molecular weight is 229 g/mol. The third-order valence-electron chi connectivity index (χ3n) is 2.52. The summed E-state index contributed by atoms with van der Waals surface area (Å²) in [6, 6.07) is 10.3. The van der Waals surface area contributed by atoms with Crippen LogP contribution in [0.25, 0.3) is 0 Å². The highest BCUT2D eigenvalue weighted by atomic mass is 19.1. The number of aromatic nitrogens is 1. The lowest BCUT2D eigenvalue weighted by molar-refractivity contribution is 0.627. The Hall–Kier alpha value is -1.90. The van der Waals surface area contributed by atoms with Crippen molar-refractivity contribution in [3.63, 3.8) is 0 Å². The van der Waals surface area contributed by atoms with E-state index in [1.807, 2.05) is 12.1 Å². The van der Waals surface area contributed by atoms with Crippen LogP contribution in [0.1, 0.15) is 11.3 Å². The van der Waals surface area contributed by atoms with E-state index in [1.165, 1.54) is 12.1 Å². The zero-order chi connectivity index (χ0) is 12.1. The van der Waals surface area contributed by atoms with Crippen molar-refractivity contribution in [3.8, 4) is 0 Å². The lowest BCUT2D eigenvalue weighted by atomic mass is 10.2. The van der Waals surface area contributed by atoms with Crippen LogP contribution in [0, 0.1) is 12.7 Å². The van der Waals surface area contributed by atoms with Gasteiger partial charge >= 0.3 is 0 Å². The van der Waals surface area contributed by atoms with Crippen molar-refractivity contribution >= 4 is 5.69 Å². The topological polar surface area (TPSA) is 24.9 Å². The summed E-state index contributed by atoms with van der Waals surface area (Å²) < 4.78 is 12.7. The summed E-state index contributed by atoms with van der Waals surface area (Å²) >= 11 is 0. The second kappa shape index (κ2) is 5.43. The van der Waals surface area contributed by atoms with E-state index in [1.54, 1.807) is 18.3 Å². The second-order valence-corrected chi connectivity index (χ2v) is 3.73. The molecule has 0 fully saturated rings. The molecule has 0 amide bonds. The monoisotopic (exact) mass is 229 g/mol. The Morgan fingerprint density at radius 1 is 1.18 bits per heavy atom. The molecule has 2 rings (SSSR count). The number of hydrogen-bond donors (Lipinski definition) is 1. The molecule has 1 heterocycles. The van der Waals surface area contributed by atoms with Gasteiger partial charge in [0.05, 0.1) is 11.4 Å². The largest absolute Gasteiger partial charge is 0.379 e. The predicted octanol–water partition coefficient (Wildman–Crippen LogP) is 3.21. The standard InChI is InChI=1S/C14H14FN2/c1-2-13-14(4-3-9-16-13)17-10-11-5-7-12(15)8-6-11/h3-9,17H,1-2,10H2. The highest BCUT2D eigenvalue weighted by Gasteiger charge is 2.00. The van der Waals surface area contributed by atoms with Crippen LogP contribution in [0.5, 0.6) is 0 Å². The van der Waals surface area contributed by atoms with Crippen molar-refractivity contribution in [3.05, 3.63) is 66.6 Å². The molecule has 17 heavy (non-hydrogen) atoms. The third-order valence-corrected chi connectivity index (χ3v) is 2.52. The summed E-state index contributed by atoms with van der Waals surface area (Å²) in [6.07, 6.45) is 2.40. The summed E-state index contributed by atoms with van der Waals surface area (Å²) in [7, 11) is 0. The summed E-state index contributed by atoms with van der Waals surface area (Å²) in [6.45, 7) is 4.48. The number of hydrogen-bond acceptors (Lipinski definition) is 2. The zero-order valence-electron chi connectivity index (χ0n) is 9.49. The minimum absolute atomic E-state index is 0.214. The maximum atomic E-state index is 12.7. The third kappa shape index (κ3) is 3.03. The van der Waals surface area contributed by atoms with Crippen molar-refractivity contribution in [2.24, 2.45) is 0 Å². The van der Waals surface area contributed by atoms with Crippen LogP contribution < -0.4 is 5.32 Å². The minimum atomic E-state index is -0.214. The van der Waals surface area contributed by atoms with Crippen LogP contribution in [-0.4, -0.2) is 4.98 Å². The smallest absolute Gasteiger partial charge is 0.123 e. The average Bonchev–Trinajstić information content (AvgIpc) is 2.38. The fraction of sp³-hybridized carbons (Fsp3) is 0.143. The molecule has 1 N–H and O–H groups in total. The maximum absolute atomic E-state index is 12.7. The lowest BCUT2D eigenvalue weighted by Crippen LogP contribution is -2.03. The van der Waals surface area contributed by atoms with E-state index in [-0.39, 0.29) is 5.82 Å². The molecule has 0 saturated carbocycles. The van der Waals surface area contributed by atoms with Gasteiger partial charge in [-0.25, -0.2) is 4.39 Å². The second-order valence-electron chi connectivity index (χ2n) is 3.73. The van der Waals surface area contributed by atoms with E-state index >= 15 is 0 Å². The first kappa shape index (κ1) is 11.6. The molecule has 3 heteroatoms. The minimum Gasteiger partial charge on any atom is -0.379 e. The number of benzene rings is 1. The molecule has 0 aliphatic rings. The van der Waals surface area contributed by atoms with Crippen molar-refractivity contribution in [2.75, 3.05) is 5.32 Å². The number of nitrogens with zero attached hydrogens (tertiary/aromatic N) is 1. The van der Waals surface area contributed by atoms with Crippen molar-refractivity contribution < 1.29 is 4.39 Å². The zero-order valence-corrected chi connectivity index (χ0v) is 9.49. The maximum Gasteiger partial charge on any atom is 0.123 e. The van der Waals surface area contributed by atoms with Gasteiger partial charge in [-0.2, -0.15) is 0 Å². The highest BCUT2D eigenvalue weighted by Crippen LogP contribution is 2.14. The van der Waals surface area contributed by atoms with Gasteiger partial charge in [-0.15, -0.1) is 0 Å². The van der Waals surface area contributed by atoms with E-state index in [4.69, 9.17) is 0 Å². The van der Waals surface area contributed by atoms with Crippen LogP contribution in [0.15, 0.2) is 42.6 Å². The fourth-order valence-corrected chi connectivity index (χ4v) is 1.60. The molecular formula is C14H14FN2. The molecule has 0 aliphatic carbocycles. The van der Waals surface area contributed by atoms with Crippen LogP contribution in [0.2, 0.25) is 0 Å². The quantitative estimate of drug-likeness (QED) is 0.870. The van der Waals surface area contributed by atoms with Crippen molar-refractivity contribution in [1.29, 1.82) is 0 Å². The first-order valence-electron chi connectivity index (χ1n) is 5.51. The Bertz CT molecular complexity index is 480. The number of anilines is 1. The predicted molar refractivity (Wildman–Crippen MR) is 67.0 cm³/mol. The van der Waals surface area contributed by atoms with E-state index in [9.17, 15) is 4.39 Å². The summed E-state index contributed by atoms with van der Waals surface area (Å²) in [5.41, 5.74) is 2.95. The normalized spacial score (nSPS) is 10.2. The van der Waals surface area contributed by atoms with Gasteiger partial charge in [0.25, 0.3) is 0 Å². The summed E-state index contributed by atoms with van der Waals surface area (Å²) in [5, 5.41) is 3.27. The Morgan fingerprint density at radius 2 is 1.94 bits per heavy atom. The van der Waals surface area contributed by atoms with Gasteiger partial charge in [-0.1, -0.05) is 12.1 Å². The molecule has 0 unspecified atom stereocenters. The van der Waals surface area contributed by atoms with Crippen LogP contribution in [0.4, 0.5) is 10.1 Å². The highest BCUT2D eigenvalue weighted by molar-refractivity contribution is 5.48. The molecule has 0 atom stereocenters. The lowest BCUT2D eigenvalue weighted by Gasteiger charge is -2.09. The number of pyridine rings is 1. The van der Waals surface area contributed by atoms with E-state index in [0.717, 1.165) is 16.9 Å². The van der Waals surface area contributed by atoms with Crippen molar-refractivity contribution in [2.45, 2.75) is 13.0 Å².